The number of aliphatic imine (C=N–C) groups is 1. The molecular weight excluding hydrogens is 358 g/mol. The van der Waals surface area contributed by atoms with Gasteiger partial charge in [0, 0.05) is 16.7 Å². The summed E-state index contributed by atoms with van der Waals surface area (Å²) in [4.78, 5) is 5.95. The molecule has 0 N–H and O–H groups in total. The number of thiol groups is 1. The fourth-order valence-corrected chi connectivity index (χ4v) is 4.06. The van der Waals surface area contributed by atoms with Gasteiger partial charge in [0.2, 0.25) is 0 Å². The van der Waals surface area contributed by atoms with Crippen molar-refractivity contribution in [2.45, 2.75) is 90.9 Å². The predicted molar refractivity (Wildman–Crippen MR) is 128 cm³/mol. The van der Waals surface area contributed by atoms with E-state index in [0.29, 0.717) is 0 Å². The van der Waals surface area contributed by atoms with Crippen molar-refractivity contribution in [1.82, 2.24) is 0 Å². The standard InChI is InChI=1S/C26H37NS/c1-10-25(6,7)21-14-20(24(28)22(15-21)26(8,9)11-2)16-27-23-18(4)12-17(3)13-19(23)5/h12-16,28H,10-11H2,1-9H3/b27-16+. The van der Waals surface area contributed by atoms with Gasteiger partial charge in [-0.05, 0) is 72.8 Å². The molecule has 0 bridgehead atoms. The summed E-state index contributed by atoms with van der Waals surface area (Å²) in [6.45, 7) is 20.2. The maximum absolute atomic E-state index is 4.95. The first-order valence-corrected chi connectivity index (χ1v) is 10.9. The van der Waals surface area contributed by atoms with Crippen LogP contribution < -0.4 is 0 Å². The molecule has 152 valence electrons. The summed E-state index contributed by atoms with van der Waals surface area (Å²) >= 11 is 4.95. The van der Waals surface area contributed by atoms with Gasteiger partial charge < -0.3 is 0 Å². The third-order valence-corrected chi connectivity index (χ3v) is 6.89. The molecule has 2 aromatic rings. The first-order valence-electron chi connectivity index (χ1n) is 10.4. The number of nitrogens with zero attached hydrogens (tertiary/aromatic N) is 1. The Kier molecular flexibility index (Phi) is 6.86. The van der Waals surface area contributed by atoms with Gasteiger partial charge in [-0.15, -0.1) is 12.6 Å². The molecule has 0 unspecified atom stereocenters. The molecule has 0 saturated carbocycles. The highest BCUT2D eigenvalue weighted by Gasteiger charge is 2.26. The summed E-state index contributed by atoms with van der Waals surface area (Å²) in [7, 11) is 0. The van der Waals surface area contributed by atoms with Crippen LogP contribution in [0.2, 0.25) is 0 Å². The maximum atomic E-state index is 4.95. The minimum absolute atomic E-state index is 0.0786. The van der Waals surface area contributed by atoms with Crippen LogP contribution in [-0.4, -0.2) is 6.21 Å². The number of benzene rings is 2. The largest absolute Gasteiger partial charge is 0.256 e. The van der Waals surface area contributed by atoms with Crippen molar-refractivity contribution >= 4 is 24.5 Å². The van der Waals surface area contributed by atoms with Gasteiger partial charge in [-0.2, -0.15) is 0 Å². The molecule has 0 atom stereocenters. The Hall–Kier alpha value is -1.54. The Bertz CT molecular complexity index is 865. The number of hydrogen-bond donors (Lipinski definition) is 1. The molecule has 0 heterocycles. The average molecular weight is 396 g/mol. The van der Waals surface area contributed by atoms with Crippen LogP contribution >= 0.6 is 12.6 Å². The third-order valence-electron chi connectivity index (χ3n) is 6.39. The van der Waals surface area contributed by atoms with Crippen LogP contribution in [0.1, 0.15) is 87.8 Å². The highest BCUT2D eigenvalue weighted by atomic mass is 32.1. The van der Waals surface area contributed by atoms with E-state index in [2.05, 4.69) is 86.6 Å². The second-order valence-electron chi connectivity index (χ2n) is 9.44. The second kappa shape index (κ2) is 8.45. The third kappa shape index (κ3) is 4.71. The summed E-state index contributed by atoms with van der Waals surface area (Å²) in [5.74, 6) is 0. The van der Waals surface area contributed by atoms with Crippen LogP contribution in [0.25, 0.3) is 0 Å². The smallest absolute Gasteiger partial charge is 0.0688 e. The monoisotopic (exact) mass is 395 g/mol. The lowest BCUT2D eigenvalue weighted by atomic mass is 9.75. The molecule has 2 rings (SSSR count). The number of rotatable bonds is 6. The van der Waals surface area contributed by atoms with Gasteiger partial charge in [0.1, 0.15) is 0 Å². The molecule has 0 aliphatic heterocycles. The summed E-state index contributed by atoms with van der Waals surface area (Å²) < 4.78 is 0. The second-order valence-corrected chi connectivity index (χ2v) is 9.89. The molecule has 0 aromatic heterocycles. The molecule has 0 spiro atoms. The predicted octanol–water partition coefficient (Wildman–Crippen LogP) is 8.03. The molecule has 28 heavy (non-hydrogen) atoms. The zero-order chi connectivity index (χ0) is 21.3. The quantitative estimate of drug-likeness (QED) is 0.375. The molecule has 0 aliphatic rings. The van der Waals surface area contributed by atoms with E-state index in [1.54, 1.807) is 0 Å². The van der Waals surface area contributed by atoms with Crippen LogP contribution in [0.3, 0.4) is 0 Å². The van der Waals surface area contributed by atoms with Gasteiger partial charge in [-0.1, -0.05) is 65.3 Å². The Labute approximate surface area is 178 Å². The lowest BCUT2D eigenvalue weighted by Gasteiger charge is -2.31. The van der Waals surface area contributed by atoms with E-state index in [1.807, 2.05) is 6.21 Å². The summed E-state index contributed by atoms with van der Waals surface area (Å²) in [6, 6.07) is 9.05. The van der Waals surface area contributed by atoms with E-state index >= 15 is 0 Å². The lowest BCUT2D eigenvalue weighted by Crippen LogP contribution is -2.21. The van der Waals surface area contributed by atoms with E-state index in [0.717, 1.165) is 29.0 Å². The lowest BCUT2D eigenvalue weighted by molar-refractivity contribution is 0.482. The zero-order valence-corrected chi connectivity index (χ0v) is 20.1. The van der Waals surface area contributed by atoms with E-state index < -0.39 is 0 Å². The van der Waals surface area contributed by atoms with Crippen LogP contribution in [0, 0.1) is 20.8 Å². The highest BCUT2D eigenvalue weighted by Crippen LogP contribution is 2.38. The van der Waals surface area contributed by atoms with E-state index in [-0.39, 0.29) is 10.8 Å². The van der Waals surface area contributed by atoms with E-state index in [1.165, 1.54) is 27.8 Å². The molecule has 0 saturated heterocycles. The van der Waals surface area contributed by atoms with Crippen LogP contribution in [0.15, 0.2) is 34.2 Å². The fraction of sp³-hybridized carbons (Fsp3) is 0.500. The van der Waals surface area contributed by atoms with Crippen molar-refractivity contribution in [1.29, 1.82) is 0 Å². The summed E-state index contributed by atoms with van der Waals surface area (Å²) in [5, 5.41) is 0. The van der Waals surface area contributed by atoms with E-state index in [4.69, 9.17) is 17.6 Å². The Morgan fingerprint density at radius 3 is 1.89 bits per heavy atom. The SMILES string of the molecule is CCC(C)(C)c1cc(/C=N/c2c(C)cc(C)cc2C)c(S)c(C(C)(C)CC)c1. The van der Waals surface area contributed by atoms with Crippen molar-refractivity contribution < 1.29 is 0 Å². The van der Waals surface area contributed by atoms with Gasteiger partial charge in [0.25, 0.3) is 0 Å². The summed E-state index contributed by atoms with van der Waals surface area (Å²) in [5.41, 5.74) is 8.77. The van der Waals surface area contributed by atoms with Gasteiger partial charge in [0.05, 0.1) is 5.69 Å². The molecule has 0 aliphatic carbocycles. The molecule has 0 fully saturated rings. The van der Waals surface area contributed by atoms with Gasteiger partial charge >= 0.3 is 0 Å². The van der Waals surface area contributed by atoms with Crippen molar-refractivity contribution in [3.05, 3.63) is 57.6 Å². The summed E-state index contributed by atoms with van der Waals surface area (Å²) in [6.07, 6.45) is 4.18. The molecular formula is C26H37NS. The van der Waals surface area contributed by atoms with Crippen molar-refractivity contribution in [2.75, 3.05) is 0 Å². The first-order chi connectivity index (χ1) is 12.9. The van der Waals surface area contributed by atoms with Gasteiger partial charge in [-0.3, -0.25) is 4.99 Å². The number of aryl methyl sites for hydroxylation is 3. The molecule has 2 heteroatoms. The van der Waals surface area contributed by atoms with Crippen molar-refractivity contribution in [3.8, 4) is 0 Å². The Morgan fingerprint density at radius 1 is 0.857 bits per heavy atom. The normalized spacial score (nSPS) is 12.8. The maximum Gasteiger partial charge on any atom is 0.0688 e. The molecule has 0 amide bonds. The number of hydrogen-bond acceptors (Lipinski definition) is 2. The van der Waals surface area contributed by atoms with E-state index in [9.17, 15) is 0 Å². The van der Waals surface area contributed by atoms with Crippen LogP contribution in [0.5, 0.6) is 0 Å². The van der Waals surface area contributed by atoms with Crippen LogP contribution in [-0.2, 0) is 10.8 Å². The first kappa shape index (κ1) is 22.7. The van der Waals surface area contributed by atoms with Gasteiger partial charge in [-0.25, -0.2) is 0 Å². The Morgan fingerprint density at radius 2 is 1.39 bits per heavy atom. The molecule has 2 aromatic carbocycles. The topological polar surface area (TPSA) is 12.4 Å². The highest BCUT2D eigenvalue weighted by molar-refractivity contribution is 7.80. The zero-order valence-electron chi connectivity index (χ0n) is 19.2. The van der Waals surface area contributed by atoms with Gasteiger partial charge in [0.15, 0.2) is 0 Å². The Balaban J connectivity index is 2.67. The average Bonchev–Trinajstić information content (AvgIpc) is 2.61. The van der Waals surface area contributed by atoms with Crippen molar-refractivity contribution in [3.63, 3.8) is 0 Å². The van der Waals surface area contributed by atoms with Crippen LogP contribution in [0.4, 0.5) is 5.69 Å². The van der Waals surface area contributed by atoms with Crippen molar-refractivity contribution in [2.24, 2.45) is 4.99 Å². The fourth-order valence-electron chi connectivity index (χ4n) is 3.57. The minimum Gasteiger partial charge on any atom is -0.256 e. The molecule has 0 radical (unpaired) electrons. The molecule has 1 nitrogen and oxygen atoms in total. The minimum atomic E-state index is 0.0786.